The van der Waals surface area contributed by atoms with Crippen molar-refractivity contribution in [1.82, 2.24) is 5.32 Å². The summed E-state index contributed by atoms with van der Waals surface area (Å²) in [5, 5.41) is 2.91. The quantitative estimate of drug-likeness (QED) is 0.831. The molecule has 0 saturated heterocycles. The smallest absolute Gasteiger partial charge is 0.322 e. The summed E-state index contributed by atoms with van der Waals surface area (Å²) in [4.78, 5) is 25.3. The fraction of sp³-hybridized carbons (Fsp3) is 0.467. The van der Waals surface area contributed by atoms with Crippen molar-refractivity contribution < 1.29 is 9.59 Å². The van der Waals surface area contributed by atoms with Gasteiger partial charge in [0, 0.05) is 23.8 Å². The molecule has 0 atom stereocenters. The number of Topliss-reactive ketones (excluding diaryl/α,β-unsaturated/α-hetero) is 1. The van der Waals surface area contributed by atoms with Gasteiger partial charge in [-0.15, -0.1) is 0 Å². The van der Waals surface area contributed by atoms with Gasteiger partial charge in [0.1, 0.15) is 0 Å². The minimum atomic E-state index is -0.0634. The van der Waals surface area contributed by atoms with Gasteiger partial charge in [-0.3, -0.25) is 9.69 Å². The minimum absolute atomic E-state index is 0.0616. The van der Waals surface area contributed by atoms with E-state index in [4.69, 9.17) is 0 Å². The van der Waals surface area contributed by atoms with Gasteiger partial charge in [-0.2, -0.15) is 0 Å². The molecule has 2 amide bonds. The van der Waals surface area contributed by atoms with Gasteiger partial charge >= 0.3 is 6.03 Å². The molecule has 1 aliphatic rings. The number of carbonyl (C=O) groups excluding carboxylic acids is 2. The molecule has 0 aliphatic carbocycles. The van der Waals surface area contributed by atoms with Gasteiger partial charge in [0.25, 0.3) is 0 Å². The molecule has 1 aliphatic heterocycles. The van der Waals surface area contributed by atoms with Crippen LogP contribution in [-0.2, 0) is 6.42 Å². The minimum Gasteiger partial charge on any atom is -0.336 e. The first-order valence-corrected chi connectivity index (χ1v) is 6.71. The number of fused-ring (bicyclic) bond motifs is 1. The molecule has 19 heavy (non-hydrogen) atoms. The van der Waals surface area contributed by atoms with Crippen molar-refractivity contribution in [3.8, 4) is 0 Å². The van der Waals surface area contributed by atoms with Crippen LogP contribution in [0.4, 0.5) is 10.5 Å². The fourth-order valence-electron chi connectivity index (χ4n) is 2.35. The highest BCUT2D eigenvalue weighted by Crippen LogP contribution is 2.28. The summed E-state index contributed by atoms with van der Waals surface area (Å²) in [6.45, 7) is 6.18. The third-order valence-corrected chi connectivity index (χ3v) is 3.26. The number of nitrogens with one attached hydrogen (secondary N) is 1. The summed E-state index contributed by atoms with van der Waals surface area (Å²) in [6, 6.07) is 5.64. The van der Waals surface area contributed by atoms with Gasteiger partial charge in [-0.05, 0) is 57.4 Å². The number of rotatable bonds is 2. The van der Waals surface area contributed by atoms with Crippen LogP contribution in [0.1, 0.15) is 43.1 Å². The molecule has 0 saturated carbocycles. The second-order valence-corrected chi connectivity index (χ2v) is 5.26. The standard InChI is InChI=1S/C15H20N2O2/c1-10(2)16-15(19)17-8-4-5-13-9-12(11(3)18)6-7-14(13)17/h6-7,9-10H,4-5,8H2,1-3H3,(H,16,19). The average Bonchev–Trinajstić information content (AvgIpc) is 2.36. The van der Waals surface area contributed by atoms with Crippen molar-refractivity contribution in [2.24, 2.45) is 0 Å². The second-order valence-electron chi connectivity index (χ2n) is 5.26. The van der Waals surface area contributed by atoms with Crippen molar-refractivity contribution in [2.75, 3.05) is 11.4 Å². The topological polar surface area (TPSA) is 49.4 Å². The van der Waals surface area contributed by atoms with Crippen LogP contribution >= 0.6 is 0 Å². The van der Waals surface area contributed by atoms with Gasteiger partial charge in [0.05, 0.1) is 0 Å². The molecule has 0 fully saturated rings. The van der Waals surface area contributed by atoms with Gasteiger partial charge in [0.2, 0.25) is 0 Å². The Labute approximate surface area is 113 Å². The van der Waals surface area contributed by atoms with Crippen molar-refractivity contribution >= 4 is 17.5 Å². The Bertz CT molecular complexity index is 509. The lowest BCUT2D eigenvalue weighted by Crippen LogP contribution is -2.45. The first-order valence-electron chi connectivity index (χ1n) is 6.71. The number of hydrogen-bond donors (Lipinski definition) is 1. The molecular weight excluding hydrogens is 240 g/mol. The predicted molar refractivity (Wildman–Crippen MR) is 75.8 cm³/mol. The Kier molecular flexibility index (Phi) is 3.88. The van der Waals surface area contributed by atoms with E-state index in [0.29, 0.717) is 5.56 Å². The SMILES string of the molecule is CC(=O)c1ccc2c(c1)CCCN2C(=O)NC(C)C. The fourth-order valence-corrected chi connectivity index (χ4v) is 2.35. The molecule has 1 N–H and O–H groups in total. The monoisotopic (exact) mass is 260 g/mol. The van der Waals surface area contributed by atoms with E-state index >= 15 is 0 Å². The Morgan fingerprint density at radius 1 is 1.32 bits per heavy atom. The summed E-state index contributed by atoms with van der Waals surface area (Å²) in [5.41, 5.74) is 2.72. The Morgan fingerprint density at radius 3 is 2.68 bits per heavy atom. The molecule has 102 valence electrons. The first-order chi connectivity index (χ1) is 8.99. The first kappa shape index (κ1) is 13.6. The second kappa shape index (κ2) is 5.43. The van der Waals surface area contributed by atoms with Crippen LogP contribution in [0.3, 0.4) is 0 Å². The van der Waals surface area contributed by atoms with E-state index in [1.165, 1.54) is 0 Å². The molecule has 0 aromatic heterocycles. The van der Waals surface area contributed by atoms with Crippen molar-refractivity contribution in [1.29, 1.82) is 0 Å². The highest BCUT2D eigenvalue weighted by atomic mass is 16.2. The number of aryl methyl sites for hydroxylation is 1. The predicted octanol–water partition coefficient (Wildman–Crippen LogP) is 2.76. The molecule has 1 aromatic rings. The number of ketones is 1. The van der Waals surface area contributed by atoms with E-state index in [2.05, 4.69) is 5.32 Å². The maximum atomic E-state index is 12.1. The van der Waals surface area contributed by atoms with E-state index < -0.39 is 0 Å². The molecule has 1 aromatic carbocycles. The van der Waals surface area contributed by atoms with E-state index in [1.807, 2.05) is 26.0 Å². The molecule has 2 rings (SSSR count). The molecule has 0 unspecified atom stereocenters. The average molecular weight is 260 g/mol. The van der Waals surface area contributed by atoms with Crippen molar-refractivity contribution in [2.45, 2.75) is 39.7 Å². The number of urea groups is 1. The zero-order valence-electron chi connectivity index (χ0n) is 11.7. The lowest BCUT2D eigenvalue weighted by atomic mass is 9.98. The summed E-state index contributed by atoms with van der Waals surface area (Å²) in [5.74, 6) is 0.0616. The number of hydrogen-bond acceptors (Lipinski definition) is 2. The third kappa shape index (κ3) is 2.95. The van der Waals surface area contributed by atoms with E-state index in [1.54, 1.807) is 17.9 Å². The summed E-state index contributed by atoms with van der Waals surface area (Å²) >= 11 is 0. The zero-order chi connectivity index (χ0) is 14.0. The van der Waals surface area contributed by atoms with E-state index in [9.17, 15) is 9.59 Å². The van der Waals surface area contributed by atoms with Gasteiger partial charge in [0.15, 0.2) is 5.78 Å². The summed E-state index contributed by atoms with van der Waals surface area (Å²) in [7, 11) is 0. The number of carbonyl (C=O) groups is 2. The molecule has 1 heterocycles. The van der Waals surface area contributed by atoms with Crippen molar-refractivity contribution in [3.05, 3.63) is 29.3 Å². The maximum absolute atomic E-state index is 12.1. The lowest BCUT2D eigenvalue weighted by Gasteiger charge is -2.30. The maximum Gasteiger partial charge on any atom is 0.322 e. The van der Waals surface area contributed by atoms with Crippen LogP contribution in [0.25, 0.3) is 0 Å². The number of anilines is 1. The number of nitrogens with zero attached hydrogens (tertiary/aromatic N) is 1. The van der Waals surface area contributed by atoms with E-state index in [0.717, 1.165) is 30.6 Å². The molecule has 0 spiro atoms. The summed E-state index contributed by atoms with van der Waals surface area (Å²) in [6.07, 6.45) is 1.85. The van der Waals surface area contributed by atoms with Crippen LogP contribution in [0.15, 0.2) is 18.2 Å². The number of amides is 2. The van der Waals surface area contributed by atoms with Crippen LogP contribution in [0.5, 0.6) is 0 Å². The van der Waals surface area contributed by atoms with Crippen molar-refractivity contribution in [3.63, 3.8) is 0 Å². The number of benzene rings is 1. The Morgan fingerprint density at radius 2 is 2.05 bits per heavy atom. The zero-order valence-corrected chi connectivity index (χ0v) is 11.7. The normalized spacial score (nSPS) is 14.2. The van der Waals surface area contributed by atoms with Crippen LogP contribution in [0.2, 0.25) is 0 Å². The Balaban J connectivity index is 2.29. The van der Waals surface area contributed by atoms with Crippen LogP contribution in [0, 0.1) is 0 Å². The lowest BCUT2D eigenvalue weighted by molar-refractivity contribution is 0.101. The molecule has 0 radical (unpaired) electrons. The molecule has 4 heteroatoms. The van der Waals surface area contributed by atoms with Crippen LogP contribution < -0.4 is 10.2 Å². The summed E-state index contributed by atoms with van der Waals surface area (Å²) < 4.78 is 0. The Hall–Kier alpha value is -1.84. The highest BCUT2D eigenvalue weighted by Gasteiger charge is 2.23. The van der Waals surface area contributed by atoms with E-state index in [-0.39, 0.29) is 17.9 Å². The van der Waals surface area contributed by atoms with Gasteiger partial charge in [-0.25, -0.2) is 4.79 Å². The largest absolute Gasteiger partial charge is 0.336 e. The molecule has 0 bridgehead atoms. The molecular formula is C15H20N2O2. The van der Waals surface area contributed by atoms with Crippen LogP contribution in [-0.4, -0.2) is 24.4 Å². The highest BCUT2D eigenvalue weighted by molar-refractivity contribution is 5.97. The third-order valence-electron chi connectivity index (χ3n) is 3.26. The van der Waals surface area contributed by atoms with Gasteiger partial charge in [-0.1, -0.05) is 0 Å². The van der Waals surface area contributed by atoms with Gasteiger partial charge < -0.3 is 5.32 Å². The molecule has 4 nitrogen and oxygen atoms in total.